The minimum absolute atomic E-state index is 0.235. The van der Waals surface area contributed by atoms with Crippen LogP contribution in [0.3, 0.4) is 0 Å². The van der Waals surface area contributed by atoms with Crippen molar-refractivity contribution < 1.29 is 9.63 Å². The van der Waals surface area contributed by atoms with Gasteiger partial charge >= 0.3 is 0 Å². The summed E-state index contributed by atoms with van der Waals surface area (Å²) in [5.41, 5.74) is 3.44. The van der Waals surface area contributed by atoms with E-state index in [1.54, 1.807) is 29.2 Å². The zero-order chi connectivity index (χ0) is 20.4. The molecule has 0 unspecified atom stereocenters. The standard InChI is InChI=1S/C22H15Cl3N2O2/c23-16-8-5-14(6-9-16)13-29-26-21-18-3-1-2-4-20(18)27(22(21)28)12-15-7-10-17(24)11-19(15)25/h1-11H,12-13H2/b26-21+. The predicted octanol–water partition coefficient (Wildman–Crippen LogP) is 6.11. The average molecular weight is 446 g/mol. The Hall–Kier alpha value is -2.53. The first-order valence-electron chi connectivity index (χ1n) is 8.82. The Balaban J connectivity index is 1.57. The average Bonchev–Trinajstić information content (AvgIpc) is 2.97. The molecule has 7 heteroatoms. The van der Waals surface area contributed by atoms with Crippen LogP contribution in [0.25, 0.3) is 0 Å². The molecular weight excluding hydrogens is 431 g/mol. The highest BCUT2D eigenvalue weighted by Gasteiger charge is 2.34. The number of carbonyl (C=O) groups excluding carboxylic acids is 1. The molecule has 3 aromatic carbocycles. The molecule has 1 heterocycles. The maximum absolute atomic E-state index is 13.1. The number of para-hydroxylation sites is 1. The normalized spacial score (nSPS) is 14.4. The highest BCUT2D eigenvalue weighted by atomic mass is 35.5. The number of amides is 1. The third-order valence-electron chi connectivity index (χ3n) is 4.54. The fraction of sp³-hybridized carbons (Fsp3) is 0.0909. The van der Waals surface area contributed by atoms with Crippen molar-refractivity contribution in [1.82, 2.24) is 0 Å². The summed E-state index contributed by atoms with van der Waals surface area (Å²) >= 11 is 18.2. The molecule has 0 saturated heterocycles. The van der Waals surface area contributed by atoms with E-state index in [9.17, 15) is 4.79 Å². The summed E-state index contributed by atoms with van der Waals surface area (Å²) in [5, 5.41) is 5.83. The van der Waals surface area contributed by atoms with Gasteiger partial charge in [0, 0.05) is 20.6 Å². The summed E-state index contributed by atoms with van der Waals surface area (Å²) in [7, 11) is 0. The van der Waals surface area contributed by atoms with Gasteiger partial charge in [-0.1, -0.05) is 76.4 Å². The minimum Gasteiger partial charge on any atom is -0.390 e. The van der Waals surface area contributed by atoms with E-state index >= 15 is 0 Å². The van der Waals surface area contributed by atoms with Gasteiger partial charge in [0.1, 0.15) is 6.61 Å². The molecular formula is C22H15Cl3N2O2. The second-order valence-electron chi connectivity index (χ2n) is 6.48. The lowest BCUT2D eigenvalue weighted by atomic mass is 10.1. The van der Waals surface area contributed by atoms with Crippen molar-refractivity contribution in [2.24, 2.45) is 5.16 Å². The van der Waals surface area contributed by atoms with E-state index < -0.39 is 0 Å². The molecule has 0 bridgehead atoms. The van der Waals surface area contributed by atoms with Crippen LogP contribution in [0, 0.1) is 0 Å². The first-order valence-corrected chi connectivity index (χ1v) is 9.96. The lowest BCUT2D eigenvalue weighted by Crippen LogP contribution is -2.29. The van der Waals surface area contributed by atoms with Gasteiger partial charge in [-0.15, -0.1) is 0 Å². The van der Waals surface area contributed by atoms with Crippen LogP contribution in [0.1, 0.15) is 16.7 Å². The summed E-state index contributed by atoms with van der Waals surface area (Å²) in [6, 6.07) is 19.9. The van der Waals surface area contributed by atoms with E-state index in [4.69, 9.17) is 39.6 Å². The first kappa shape index (κ1) is 19.8. The molecule has 4 rings (SSSR count). The maximum atomic E-state index is 13.1. The molecule has 4 nitrogen and oxygen atoms in total. The molecule has 1 aliphatic rings. The molecule has 0 atom stereocenters. The molecule has 0 fully saturated rings. The number of halogens is 3. The predicted molar refractivity (Wildman–Crippen MR) is 117 cm³/mol. The van der Waals surface area contributed by atoms with Gasteiger partial charge in [0.2, 0.25) is 0 Å². The van der Waals surface area contributed by atoms with Crippen molar-refractivity contribution in [2.75, 3.05) is 4.90 Å². The molecule has 0 aliphatic carbocycles. The van der Waals surface area contributed by atoms with Gasteiger partial charge in [0.05, 0.1) is 12.2 Å². The Labute approximate surface area is 183 Å². The summed E-state index contributed by atoms with van der Waals surface area (Å²) < 4.78 is 0. The topological polar surface area (TPSA) is 41.9 Å². The summed E-state index contributed by atoms with van der Waals surface area (Å²) in [6.07, 6.45) is 0. The van der Waals surface area contributed by atoms with Crippen LogP contribution in [0.4, 0.5) is 5.69 Å². The van der Waals surface area contributed by atoms with Gasteiger partial charge < -0.3 is 9.74 Å². The lowest BCUT2D eigenvalue weighted by Gasteiger charge is -2.17. The Bertz CT molecular complexity index is 1100. The van der Waals surface area contributed by atoms with E-state index in [0.29, 0.717) is 21.6 Å². The molecule has 0 saturated carbocycles. The third kappa shape index (κ3) is 4.25. The first-order chi connectivity index (χ1) is 14.0. The summed E-state index contributed by atoms with van der Waals surface area (Å²) in [5.74, 6) is -0.242. The van der Waals surface area contributed by atoms with Crippen LogP contribution < -0.4 is 4.90 Å². The molecule has 146 valence electrons. The number of anilines is 1. The van der Waals surface area contributed by atoms with Crippen molar-refractivity contribution >= 4 is 52.1 Å². The molecule has 1 amide bonds. The van der Waals surface area contributed by atoms with Gasteiger partial charge in [-0.3, -0.25) is 4.79 Å². The number of hydrogen-bond donors (Lipinski definition) is 0. The number of carbonyl (C=O) groups is 1. The van der Waals surface area contributed by atoms with Crippen molar-refractivity contribution in [2.45, 2.75) is 13.2 Å². The quantitative estimate of drug-likeness (QED) is 0.444. The Morgan fingerprint density at radius 2 is 1.62 bits per heavy atom. The Morgan fingerprint density at radius 3 is 2.38 bits per heavy atom. The largest absolute Gasteiger partial charge is 0.390 e. The van der Waals surface area contributed by atoms with Crippen LogP contribution in [-0.2, 0) is 22.8 Å². The van der Waals surface area contributed by atoms with Crippen molar-refractivity contribution in [3.05, 3.63) is 98.5 Å². The fourth-order valence-electron chi connectivity index (χ4n) is 3.08. The van der Waals surface area contributed by atoms with E-state index in [2.05, 4.69) is 5.16 Å². The number of oxime groups is 1. The van der Waals surface area contributed by atoms with E-state index in [-0.39, 0.29) is 18.2 Å². The Kier molecular flexibility index (Phi) is 5.76. The van der Waals surface area contributed by atoms with Gasteiger partial charge in [-0.2, -0.15) is 0 Å². The van der Waals surface area contributed by atoms with E-state index in [1.807, 2.05) is 42.5 Å². The van der Waals surface area contributed by atoms with Crippen LogP contribution in [-0.4, -0.2) is 11.6 Å². The minimum atomic E-state index is -0.242. The highest BCUT2D eigenvalue weighted by molar-refractivity contribution is 6.54. The monoisotopic (exact) mass is 444 g/mol. The van der Waals surface area contributed by atoms with Crippen molar-refractivity contribution in [3.63, 3.8) is 0 Å². The summed E-state index contributed by atoms with van der Waals surface area (Å²) in [6.45, 7) is 0.543. The Morgan fingerprint density at radius 1 is 0.897 bits per heavy atom. The second-order valence-corrected chi connectivity index (χ2v) is 7.76. The third-order valence-corrected chi connectivity index (χ3v) is 5.38. The number of nitrogens with zero attached hydrogens (tertiary/aromatic N) is 2. The van der Waals surface area contributed by atoms with Crippen LogP contribution in [0.15, 0.2) is 71.9 Å². The molecule has 1 aliphatic heterocycles. The molecule has 0 spiro atoms. The zero-order valence-corrected chi connectivity index (χ0v) is 17.4. The van der Waals surface area contributed by atoms with Crippen molar-refractivity contribution in [3.8, 4) is 0 Å². The molecule has 0 radical (unpaired) electrons. The number of hydrogen-bond acceptors (Lipinski definition) is 3. The van der Waals surface area contributed by atoms with Crippen LogP contribution in [0.2, 0.25) is 15.1 Å². The summed E-state index contributed by atoms with van der Waals surface area (Å²) in [4.78, 5) is 20.2. The van der Waals surface area contributed by atoms with E-state index in [0.717, 1.165) is 22.4 Å². The van der Waals surface area contributed by atoms with Gasteiger partial charge in [-0.05, 0) is 41.5 Å². The number of rotatable bonds is 5. The fourth-order valence-corrected chi connectivity index (χ4v) is 3.67. The highest BCUT2D eigenvalue weighted by Crippen LogP contribution is 2.32. The molecule has 29 heavy (non-hydrogen) atoms. The van der Waals surface area contributed by atoms with Gasteiger partial charge in [0.25, 0.3) is 5.91 Å². The molecule has 3 aromatic rings. The zero-order valence-electron chi connectivity index (χ0n) is 15.1. The number of benzene rings is 3. The molecule has 0 aromatic heterocycles. The SMILES string of the molecule is O=C1/C(=N/OCc2ccc(Cl)cc2)c2ccccc2N1Cc1ccc(Cl)cc1Cl. The lowest BCUT2D eigenvalue weighted by molar-refractivity contribution is -0.112. The number of fused-ring (bicyclic) bond motifs is 1. The van der Waals surface area contributed by atoms with Crippen LogP contribution in [0.5, 0.6) is 0 Å². The smallest absolute Gasteiger partial charge is 0.281 e. The van der Waals surface area contributed by atoms with Crippen molar-refractivity contribution in [1.29, 1.82) is 0 Å². The maximum Gasteiger partial charge on any atom is 0.281 e. The van der Waals surface area contributed by atoms with Gasteiger partial charge in [0.15, 0.2) is 5.71 Å². The van der Waals surface area contributed by atoms with Crippen LogP contribution >= 0.6 is 34.8 Å². The molecule has 0 N–H and O–H groups in total. The van der Waals surface area contributed by atoms with E-state index in [1.165, 1.54) is 0 Å². The second kappa shape index (κ2) is 8.46. The van der Waals surface area contributed by atoms with Gasteiger partial charge in [-0.25, -0.2) is 0 Å².